The summed E-state index contributed by atoms with van der Waals surface area (Å²) in [5, 5.41) is 13.4. The fourth-order valence-corrected chi connectivity index (χ4v) is 4.60. The van der Waals surface area contributed by atoms with Crippen molar-refractivity contribution in [2.75, 3.05) is 5.32 Å². The number of hydrogen-bond acceptors (Lipinski definition) is 2. The first-order valence-corrected chi connectivity index (χ1v) is 7.12. The van der Waals surface area contributed by atoms with Gasteiger partial charge in [0.2, 0.25) is 0 Å². The lowest BCUT2D eigenvalue weighted by molar-refractivity contribution is 0.456. The average Bonchev–Trinajstić information content (AvgIpc) is 2.78. The molecule has 0 heterocycles. The van der Waals surface area contributed by atoms with Crippen molar-refractivity contribution in [1.82, 2.24) is 0 Å². The first kappa shape index (κ1) is 10.7. The van der Waals surface area contributed by atoms with Crippen molar-refractivity contribution in [1.29, 1.82) is 5.26 Å². The predicted molar refractivity (Wildman–Crippen MR) is 71.4 cm³/mol. The van der Waals surface area contributed by atoms with E-state index in [0.717, 1.165) is 29.4 Å². The molecule has 0 spiro atoms. The summed E-state index contributed by atoms with van der Waals surface area (Å²) in [5.41, 5.74) is 1.63. The molecule has 4 rings (SSSR count). The Morgan fingerprint density at radius 1 is 1.22 bits per heavy atom. The van der Waals surface area contributed by atoms with E-state index in [-0.39, 0.29) is 0 Å². The molecule has 4 atom stereocenters. The van der Waals surface area contributed by atoms with E-state index >= 15 is 0 Å². The van der Waals surface area contributed by atoms with Gasteiger partial charge >= 0.3 is 0 Å². The zero-order valence-corrected chi connectivity index (χ0v) is 10.8. The summed E-state index contributed by atoms with van der Waals surface area (Å²) in [6.07, 6.45) is 4.30. The van der Waals surface area contributed by atoms with Gasteiger partial charge in [0.05, 0.1) is 11.3 Å². The van der Waals surface area contributed by atoms with Crippen molar-refractivity contribution >= 4 is 17.3 Å². The lowest BCUT2D eigenvalue weighted by Crippen LogP contribution is -2.13. The highest BCUT2D eigenvalue weighted by molar-refractivity contribution is 6.30. The lowest BCUT2D eigenvalue weighted by Gasteiger charge is -2.13. The van der Waals surface area contributed by atoms with Gasteiger partial charge in [0, 0.05) is 11.1 Å². The summed E-state index contributed by atoms with van der Waals surface area (Å²) in [5.74, 6) is 3.63. The van der Waals surface area contributed by atoms with E-state index in [9.17, 15) is 0 Å². The van der Waals surface area contributed by atoms with E-state index < -0.39 is 0 Å². The third-order valence-corrected chi connectivity index (χ3v) is 5.39. The number of nitriles is 1. The second-order valence-electron chi connectivity index (χ2n) is 5.96. The summed E-state index contributed by atoms with van der Waals surface area (Å²) < 4.78 is 0. The molecule has 92 valence electrons. The summed E-state index contributed by atoms with van der Waals surface area (Å²) in [6, 6.07) is 8.31. The molecule has 3 saturated carbocycles. The average molecular weight is 259 g/mol. The summed E-state index contributed by atoms with van der Waals surface area (Å²) in [6.45, 7) is 0. The van der Waals surface area contributed by atoms with Crippen molar-refractivity contribution < 1.29 is 0 Å². The molecule has 18 heavy (non-hydrogen) atoms. The van der Waals surface area contributed by atoms with E-state index in [1.807, 2.05) is 6.07 Å². The van der Waals surface area contributed by atoms with Gasteiger partial charge < -0.3 is 5.32 Å². The number of rotatable bonds is 2. The molecule has 3 fully saturated rings. The Kier molecular flexibility index (Phi) is 2.17. The molecule has 1 aromatic carbocycles. The smallest absolute Gasteiger partial charge is 0.101 e. The minimum Gasteiger partial charge on any atom is -0.381 e. The van der Waals surface area contributed by atoms with Gasteiger partial charge in [-0.2, -0.15) is 5.26 Å². The van der Waals surface area contributed by atoms with E-state index in [1.54, 1.807) is 12.1 Å². The molecule has 2 nitrogen and oxygen atoms in total. The van der Waals surface area contributed by atoms with Crippen molar-refractivity contribution in [3.63, 3.8) is 0 Å². The molecule has 2 bridgehead atoms. The Morgan fingerprint density at radius 2 is 1.94 bits per heavy atom. The monoisotopic (exact) mass is 258 g/mol. The van der Waals surface area contributed by atoms with Crippen molar-refractivity contribution in [2.24, 2.45) is 23.7 Å². The maximum Gasteiger partial charge on any atom is 0.101 e. The fourth-order valence-electron chi connectivity index (χ4n) is 4.43. The van der Waals surface area contributed by atoms with Crippen molar-refractivity contribution in [2.45, 2.75) is 25.3 Å². The predicted octanol–water partition coefficient (Wildman–Crippen LogP) is 3.67. The van der Waals surface area contributed by atoms with Crippen LogP contribution >= 0.6 is 11.6 Å². The highest BCUT2D eigenvalue weighted by atomic mass is 35.5. The largest absolute Gasteiger partial charge is 0.381 e. The Balaban J connectivity index is 1.57. The Bertz CT molecular complexity index is 532. The van der Waals surface area contributed by atoms with Crippen LogP contribution in [0.15, 0.2) is 18.2 Å². The molecule has 4 unspecified atom stereocenters. The van der Waals surface area contributed by atoms with Gasteiger partial charge in [0.1, 0.15) is 6.07 Å². The Labute approximate surface area is 112 Å². The van der Waals surface area contributed by atoms with Crippen LogP contribution in [0.1, 0.15) is 24.8 Å². The number of nitrogens with zero attached hydrogens (tertiary/aromatic N) is 1. The zero-order valence-electron chi connectivity index (χ0n) is 10.1. The molecule has 3 aliphatic rings. The molecule has 0 radical (unpaired) electrons. The topological polar surface area (TPSA) is 35.8 Å². The first-order valence-electron chi connectivity index (χ1n) is 6.74. The van der Waals surface area contributed by atoms with Crippen LogP contribution in [0.3, 0.4) is 0 Å². The van der Waals surface area contributed by atoms with Crippen LogP contribution in [0.2, 0.25) is 5.02 Å². The summed E-state index contributed by atoms with van der Waals surface area (Å²) in [4.78, 5) is 0. The third kappa shape index (κ3) is 1.40. The van der Waals surface area contributed by atoms with Gasteiger partial charge in [-0.15, -0.1) is 0 Å². The minimum absolute atomic E-state index is 0.599. The van der Waals surface area contributed by atoms with E-state index in [4.69, 9.17) is 16.9 Å². The standard InChI is InChI=1S/C15H15ClN2/c16-11-4-3-10(7-17)12(6-11)18-15-13-8-1-2-9(5-8)14(13)15/h3-4,6,8-9,13-15,18H,1-2,5H2. The second-order valence-corrected chi connectivity index (χ2v) is 6.40. The van der Waals surface area contributed by atoms with Crippen LogP contribution < -0.4 is 5.32 Å². The first-order chi connectivity index (χ1) is 8.78. The lowest BCUT2D eigenvalue weighted by atomic mass is 10.0. The van der Waals surface area contributed by atoms with Gasteiger partial charge in [-0.25, -0.2) is 0 Å². The van der Waals surface area contributed by atoms with Gasteiger partial charge in [0.15, 0.2) is 0 Å². The van der Waals surface area contributed by atoms with Crippen LogP contribution in [-0.4, -0.2) is 6.04 Å². The van der Waals surface area contributed by atoms with Crippen LogP contribution in [0, 0.1) is 35.0 Å². The van der Waals surface area contributed by atoms with E-state index in [0.29, 0.717) is 16.6 Å². The van der Waals surface area contributed by atoms with Gasteiger partial charge in [-0.1, -0.05) is 11.6 Å². The molecule has 1 aromatic rings. The molecular formula is C15H15ClN2. The maximum absolute atomic E-state index is 9.13. The van der Waals surface area contributed by atoms with Crippen LogP contribution in [0.5, 0.6) is 0 Å². The van der Waals surface area contributed by atoms with Gasteiger partial charge in [-0.05, 0) is 61.1 Å². The number of hydrogen-bond donors (Lipinski definition) is 1. The highest BCUT2D eigenvalue weighted by Crippen LogP contribution is 2.66. The highest BCUT2D eigenvalue weighted by Gasteiger charge is 2.65. The number of fused-ring (bicyclic) bond motifs is 5. The number of benzene rings is 1. The molecule has 3 heteroatoms. The number of nitrogens with one attached hydrogen (secondary N) is 1. The van der Waals surface area contributed by atoms with E-state index in [1.165, 1.54) is 19.3 Å². The number of halogens is 1. The quantitative estimate of drug-likeness (QED) is 0.879. The van der Waals surface area contributed by atoms with Gasteiger partial charge in [-0.3, -0.25) is 0 Å². The molecule has 0 aliphatic heterocycles. The molecule has 1 N–H and O–H groups in total. The van der Waals surface area contributed by atoms with Gasteiger partial charge in [0.25, 0.3) is 0 Å². The van der Waals surface area contributed by atoms with Crippen LogP contribution in [0.4, 0.5) is 5.69 Å². The SMILES string of the molecule is N#Cc1ccc(Cl)cc1NC1C2C3CCC(C3)C12. The van der Waals surface area contributed by atoms with Crippen molar-refractivity contribution in [3.8, 4) is 6.07 Å². The summed E-state index contributed by atoms with van der Waals surface area (Å²) in [7, 11) is 0. The Hall–Kier alpha value is -1.20. The Morgan fingerprint density at radius 3 is 2.61 bits per heavy atom. The number of anilines is 1. The van der Waals surface area contributed by atoms with Crippen molar-refractivity contribution in [3.05, 3.63) is 28.8 Å². The minimum atomic E-state index is 0.599. The normalized spacial score (nSPS) is 39.2. The second kappa shape index (κ2) is 3.65. The third-order valence-electron chi connectivity index (χ3n) is 5.16. The molecule has 0 amide bonds. The maximum atomic E-state index is 9.13. The van der Waals surface area contributed by atoms with Crippen LogP contribution in [-0.2, 0) is 0 Å². The zero-order chi connectivity index (χ0) is 12.3. The molecule has 3 aliphatic carbocycles. The molecule has 0 aromatic heterocycles. The molecule has 0 saturated heterocycles. The van der Waals surface area contributed by atoms with E-state index in [2.05, 4.69) is 11.4 Å². The molecular weight excluding hydrogens is 244 g/mol. The summed E-state index contributed by atoms with van der Waals surface area (Å²) >= 11 is 6.02. The van der Waals surface area contributed by atoms with Crippen LogP contribution in [0.25, 0.3) is 0 Å². The fraction of sp³-hybridized carbons (Fsp3) is 0.533.